The Morgan fingerprint density at radius 3 is 2.89 bits per heavy atom. The van der Waals surface area contributed by atoms with Crippen molar-refractivity contribution in [1.82, 2.24) is 15.2 Å². The number of nitrogens with zero attached hydrogens (tertiary/aromatic N) is 3. The van der Waals surface area contributed by atoms with Crippen molar-refractivity contribution >= 4 is 41.3 Å². The molecule has 0 radical (unpaired) electrons. The first-order chi connectivity index (χ1) is 8.17. The Morgan fingerprint density at radius 1 is 1.67 bits per heavy atom. The van der Waals surface area contributed by atoms with Gasteiger partial charge in [-0.1, -0.05) is 6.08 Å². The van der Waals surface area contributed by atoms with Crippen molar-refractivity contribution in [2.24, 2.45) is 4.99 Å². The fraction of sp³-hybridized carbons (Fsp3) is 0.500. The minimum Gasteiger partial charge on any atom is -0.357 e. The zero-order chi connectivity index (χ0) is 12.7. The van der Waals surface area contributed by atoms with Crippen molar-refractivity contribution in [2.75, 3.05) is 20.1 Å². The number of hydrogen-bond acceptors (Lipinski definition) is 3. The van der Waals surface area contributed by atoms with Gasteiger partial charge in [0.25, 0.3) is 0 Å². The molecule has 0 aliphatic carbocycles. The molecule has 1 N–H and O–H groups in total. The molecule has 0 aliphatic rings. The summed E-state index contributed by atoms with van der Waals surface area (Å²) >= 11 is 1.68. The molecule has 1 heterocycles. The molecule has 1 rings (SSSR count). The molecule has 1 aromatic heterocycles. The first kappa shape index (κ1) is 17.4. The number of guanidine groups is 1. The molecule has 18 heavy (non-hydrogen) atoms. The van der Waals surface area contributed by atoms with E-state index in [1.54, 1.807) is 17.4 Å². The van der Waals surface area contributed by atoms with E-state index in [4.69, 9.17) is 0 Å². The number of aromatic nitrogens is 1. The first-order valence-corrected chi connectivity index (χ1v) is 6.56. The maximum atomic E-state index is 4.45. The topological polar surface area (TPSA) is 40.5 Å². The summed E-state index contributed by atoms with van der Waals surface area (Å²) in [6.45, 7) is 10.0. The molecule has 0 saturated heterocycles. The maximum absolute atomic E-state index is 4.45. The Labute approximate surface area is 130 Å². The number of aliphatic imine (C=N–C) groups is 1. The molecule has 4 nitrogen and oxygen atoms in total. The quantitative estimate of drug-likeness (QED) is 0.370. The van der Waals surface area contributed by atoms with Crippen LogP contribution in [0.5, 0.6) is 0 Å². The Morgan fingerprint density at radius 2 is 2.39 bits per heavy atom. The average Bonchev–Trinajstić information content (AvgIpc) is 2.70. The number of halogens is 1. The molecular weight excluding hydrogens is 359 g/mol. The number of hydrogen-bond donors (Lipinski definition) is 1. The van der Waals surface area contributed by atoms with Crippen LogP contribution < -0.4 is 5.32 Å². The van der Waals surface area contributed by atoms with Crippen molar-refractivity contribution in [3.63, 3.8) is 0 Å². The molecule has 6 heteroatoms. The van der Waals surface area contributed by atoms with Gasteiger partial charge in [0.2, 0.25) is 0 Å². The molecule has 0 atom stereocenters. The minimum absolute atomic E-state index is 0. The highest BCUT2D eigenvalue weighted by atomic mass is 127. The second-order valence-electron chi connectivity index (χ2n) is 3.70. The van der Waals surface area contributed by atoms with E-state index in [0.717, 1.165) is 29.8 Å². The van der Waals surface area contributed by atoms with Crippen LogP contribution in [0.2, 0.25) is 0 Å². The van der Waals surface area contributed by atoms with Crippen LogP contribution in [0.4, 0.5) is 0 Å². The molecule has 0 fully saturated rings. The van der Waals surface area contributed by atoms with Crippen LogP contribution in [-0.4, -0.2) is 36.0 Å². The normalized spacial score (nSPS) is 10.7. The standard InChI is InChI=1S/C12H20N4S.HI/c1-5-7-14-12(13-6-2)16(4)8-11-9-17-10(3)15-11;/h5,9H,1,6-8H2,2-4H3,(H,13,14);1H. The summed E-state index contributed by atoms with van der Waals surface area (Å²) < 4.78 is 0. The summed E-state index contributed by atoms with van der Waals surface area (Å²) in [4.78, 5) is 10.9. The van der Waals surface area contributed by atoms with Crippen molar-refractivity contribution in [2.45, 2.75) is 20.4 Å². The zero-order valence-corrected chi connectivity index (χ0v) is 14.3. The van der Waals surface area contributed by atoms with Gasteiger partial charge in [0.15, 0.2) is 5.96 Å². The molecule has 0 spiro atoms. The molecule has 0 amide bonds. The summed E-state index contributed by atoms with van der Waals surface area (Å²) in [7, 11) is 2.01. The van der Waals surface area contributed by atoms with E-state index in [2.05, 4.69) is 39.1 Å². The first-order valence-electron chi connectivity index (χ1n) is 5.68. The Bertz CT molecular complexity index is 389. The monoisotopic (exact) mass is 380 g/mol. The van der Waals surface area contributed by atoms with Gasteiger partial charge in [0.1, 0.15) is 0 Å². The Balaban J connectivity index is 0.00000289. The van der Waals surface area contributed by atoms with Gasteiger partial charge in [-0.25, -0.2) is 9.98 Å². The summed E-state index contributed by atoms with van der Waals surface area (Å²) in [5.41, 5.74) is 1.08. The van der Waals surface area contributed by atoms with Crippen molar-refractivity contribution in [3.8, 4) is 0 Å². The number of aryl methyl sites for hydroxylation is 1. The molecular formula is C12H21IN4S. The smallest absolute Gasteiger partial charge is 0.194 e. The van der Waals surface area contributed by atoms with Gasteiger partial charge in [-0.2, -0.15) is 0 Å². The molecule has 102 valence electrons. The predicted octanol–water partition coefficient (Wildman–Crippen LogP) is 2.65. The maximum Gasteiger partial charge on any atom is 0.194 e. The highest BCUT2D eigenvalue weighted by molar-refractivity contribution is 14.0. The van der Waals surface area contributed by atoms with Gasteiger partial charge in [-0.3, -0.25) is 0 Å². The van der Waals surface area contributed by atoms with Crippen LogP contribution in [0.25, 0.3) is 0 Å². The zero-order valence-electron chi connectivity index (χ0n) is 11.1. The fourth-order valence-corrected chi connectivity index (χ4v) is 2.02. The highest BCUT2D eigenvalue weighted by Gasteiger charge is 2.07. The van der Waals surface area contributed by atoms with Crippen LogP contribution in [0.15, 0.2) is 23.0 Å². The lowest BCUT2D eigenvalue weighted by Crippen LogP contribution is -2.38. The fourth-order valence-electron chi connectivity index (χ4n) is 1.42. The van der Waals surface area contributed by atoms with Crippen LogP contribution in [0, 0.1) is 6.92 Å². The summed E-state index contributed by atoms with van der Waals surface area (Å²) in [5, 5.41) is 6.43. The number of nitrogens with one attached hydrogen (secondary N) is 1. The third-order valence-corrected chi connectivity index (χ3v) is 2.95. The Hall–Kier alpha value is -0.630. The molecule has 0 unspecified atom stereocenters. The number of rotatable bonds is 5. The van der Waals surface area contributed by atoms with Crippen molar-refractivity contribution in [1.29, 1.82) is 0 Å². The molecule has 0 saturated carbocycles. The number of thiazole rings is 1. The second kappa shape index (κ2) is 9.32. The molecule has 0 aromatic carbocycles. The largest absolute Gasteiger partial charge is 0.357 e. The highest BCUT2D eigenvalue weighted by Crippen LogP contribution is 2.09. The van der Waals surface area contributed by atoms with E-state index in [1.807, 2.05) is 14.0 Å². The summed E-state index contributed by atoms with van der Waals surface area (Å²) in [6.07, 6.45) is 1.79. The lowest BCUT2D eigenvalue weighted by molar-refractivity contribution is 0.472. The average molecular weight is 380 g/mol. The van der Waals surface area contributed by atoms with Crippen LogP contribution >= 0.6 is 35.3 Å². The molecule has 0 aliphatic heterocycles. The van der Waals surface area contributed by atoms with E-state index in [9.17, 15) is 0 Å². The predicted molar refractivity (Wildman–Crippen MR) is 89.9 cm³/mol. The van der Waals surface area contributed by atoms with E-state index in [-0.39, 0.29) is 24.0 Å². The third kappa shape index (κ3) is 5.81. The Kier molecular flexibility index (Phi) is 8.99. The van der Waals surface area contributed by atoms with Gasteiger partial charge < -0.3 is 10.2 Å². The van der Waals surface area contributed by atoms with Gasteiger partial charge in [-0.05, 0) is 13.8 Å². The van der Waals surface area contributed by atoms with Crippen LogP contribution in [0.3, 0.4) is 0 Å². The van der Waals surface area contributed by atoms with E-state index >= 15 is 0 Å². The van der Waals surface area contributed by atoms with Gasteiger partial charge in [0, 0.05) is 19.0 Å². The molecule has 1 aromatic rings. The van der Waals surface area contributed by atoms with Gasteiger partial charge >= 0.3 is 0 Å². The molecule has 0 bridgehead atoms. The van der Waals surface area contributed by atoms with Gasteiger partial charge in [0.05, 0.1) is 23.8 Å². The van der Waals surface area contributed by atoms with Gasteiger partial charge in [-0.15, -0.1) is 41.9 Å². The van der Waals surface area contributed by atoms with E-state index in [1.165, 1.54) is 0 Å². The van der Waals surface area contributed by atoms with E-state index in [0.29, 0.717) is 6.54 Å². The van der Waals surface area contributed by atoms with Crippen molar-refractivity contribution in [3.05, 3.63) is 28.7 Å². The van der Waals surface area contributed by atoms with Crippen molar-refractivity contribution < 1.29 is 0 Å². The summed E-state index contributed by atoms with van der Waals surface area (Å²) in [6, 6.07) is 0. The third-order valence-electron chi connectivity index (χ3n) is 2.13. The lowest BCUT2D eigenvalue weighted by Gasteiger charge is -2.20. The lowest BCUT2D eigenvalue weighted by atomic mass is 10.4. The SMILES string of the molecule is C=CCN=C(NCC)N(C)Cc1csc(C)n1.I. The van der Waals surface area contributed by atoms with Crippen LogP contribution in [-0.2, 0) is 6.54 Å². The van der Waals surface area contributed by atoms with E-state index < -0.39 is 0 Å². The minimum atomic E-state index is 0. The second-order valence-corrected chi connectivity index (χ2v) is 4.76. The summed E-state index contributed by atoms with van der Waals surface area (Å²) in [5.74, 6) is 0.887. The van der Waals surface area contributed by atoms with Crippen LogP contribution in [0.1, 0.15) is 17.6 Å².